The van der Waals surface area contributed by atoms with Gasteiger partial charge in [0, 0.05) is 19.9 Å². The highest BCUT2D eigenvalue weighted by Crippen LogP contribution is 2.24. The Hall–Kier alpha value is -2.36. The van der Waals surface area contributed by atoms with Crippen LogP contribution in [0.3, 0.4) is 0 Å². The maximum atomic E-state index is 12.9. The summed E-state index contributed by atoms with van der Waals surface area (Å²) >= 11 is 0. The second-order valence-corrected chi connectivity index (χ2v) is 8.24. The summed E-state index contributed by atoms with van der Waals surface area (Å²) < 4.78 is 11.0. The Labute approximate surface area is 197 Å². The first-order valence-electron chi connectivity index (χ1n) is 11.0. The Balaban J connectivity index is 3.17. The fourth-order valence-corrected chi connectivity index (χ4v) is 3.67. The van der Waals surface area contributed by atoms with E-state index < -0.39 is 79.1 Å². The fraction of sp³-hybridized carbons (Fsp3) is 0.800. The number of carboxylic acids is 1. The Morgan fingerprint density at radius 1 is 1.24 bits per heavy atom. The van der Waals surface area contributed by atoms with Crippen LogP contribution >= 0.6 is 0 Å². The van der Waals surface area contributed by atoms with Crippen molar-refractivity contribution in [1.82, 2.24) is 10.2 Å². The van der Waals surface area contributed by atoms with Crippen molar-refractivity contribution in [2.45, 2.75) is 88.9 Å². The first-order chi connectivity index (χ1) is 15.8. The molecule has 0 aliphatic carbocycles. The minimum Gasteiger partial charge on any atom is -0.480 e. The van der Waals surface area contributed by atoms with Gasteiger partial charge in [-0.15, -0.1) is 0 Å². The molecule has 3 amide bonds. The topological polar surface area (TPSA) is 235 Å². The lowest BCUT2D eigenvalue weighted by atomic mass is 9.96. The molecule has 1 aliphatic rings. The van der Waals surface area contributed by atoms with Crippen LogP contribution in [0.15, 0.2) is 0 Å². The van der Waals surface area contributed by atoms with Crippen molar-refractivity contribution in [3.8, 4) is 0 Å². The molecule has 0 aromatic heterocycles. The van der Waals surface area contributed by atoms with Crippen molar-refractivity contribution >= 4 is 23.7 Å². The van der Waals surface area contributed by atoms with E-state index in [0.29, 0.717) is 0 Å². The molecule has 1 heterocycles. The summed E-state index contributed by atoms with van der Waals surface area (Å²) in [5.74, 6) is -3.35. The van der Waals surface area contributed by atoms with Crippen LogP contribution in [0.4, 0.5) is 0 Å². The SMILES string of the molecule is CCC(N)C(=O)N(CC(C)O[C@H]1[C@H](O)[C@@H](CO)O[C@H](O)[C@@H]1NC(C)=O)[C@@H](CCC(N)=O)C(=O)O. The molecule has 0 radical (unpaired) electrons. The number of nitrogens with one attached hydrogen (secondary N) is 1. The van der Waals surface area contributed by atoms with Gasteiger partial charge in [-0.05, 0) is 19.8 Å². The van der Waals surface area contributed by atoms with E-state index in [1.807, 2.05) is 0 Å². The molecule has 1 rings (SSSR count). The summed E-state index contributed by atoms with van der Waals surface area (Å²) in [6.07, 6.45) is -6.83. The monoisotopic (exact) mass is 492 g/mol. The number of nitrogens with two attached hydrogens (primary N) is 2. The highest BCUT2D eigenvalue weighted by molar-refractivity contribution is 5.87. The quantitative estimate of drug-likeness (QED) is 0.134. The van der Waals surface area contributed by atoms with Gasteiger partial charge >= 0.3 is 5.97 Å². The third-order valence-corrected chi connectivity index (χ3v) is 5.45. The Bertz CT molecular complexity index is 723. The molecule has 9 N–H and O–H groups in total. The molecule has 0 bridgehead atoms. The number of primary amides is 1. The first kappa shape index (κ1) is 29.7. The minimum atomic E-state index is -1.62. The molecule has 0 spiro atoms. The standard InChI is InChI=1S/C20H36N4O10/c1-4-11(21)18(29)24(12(19(30)31)5-6-14(22)27)7-9(2)33-17-15(23-10(3)26)20(32)34-13(8-25)16(17)28/h9,11-13,15-17,20,25,28,32H,4-8,21H2,1-3H3,(H2,22,27)(H,23,26)(H,30,31)/t9?,11?,12-,13+,15+,16+,17+,20-/m0/s1. The number of aliphatic hydroxyl groups excluding tert-OH is 3. The molecule has 14 heteroatoms. The summed E-state index contributed by atoms with van der Waals surface area (Å²) in [6, 6.07) is -3.65. The van der Waals surface area contributed by atoms with E-state index in [0.717, 1.165) is 4.90 Å². The number of amides is 3. The van der Waals surface area contributed by atoms with Crippen LogP contribution in [0.1, 0.15) is 40.0 Å². The van der Waals surface area contributed by atoms with E-state index in [-0.39, 0.29) is 25.8 Å². The molecular formula is C20H36N4O10. The summed E-state index contributed by atoms with van der Waals surface area (Å²) in [5, 5.41) is 42.3. The number of rotatable bonds is 13. The molecule has 14 nitrogen and oxygen atoms in total. The molecule has 0 aromatic rings. The van der Waals surface area contributed by atoms with Gasteiger partial charge in [0.15, 0.2) is 6.29 Å². The van der Waals surface area contributed by atoms with Crippen molar-refractivity contribution in [2.75, 3.05) is 13.2 Å². The van der Waals surface area contributed by atoms with Crippen molar-refractivity contribution in [3.05, 3.63) is 0 Å². The zero-order valence-electron chi connectivity index (χ0n) is 19.5. The van der Waals surface area contributed by atoms with E-state index in [9.17, 15) is 39.6 Å². The average Bonchev–Trinajstić information content (AvgIpc) is 2.75. The molecule has 34 heavy (non-hydrogen) atoms. The molecular weight excluding hydrogens is 456 g/mol. The zero-order valence-corrected chi connectivity index (χ0v) is 19.5. The molecule has 196 valence electrons. The largest absolute Gasteiger partial charge is 0.480 e. The summed E-state index contributed by atoms with van der Waals surface area (Å²) in [4.78, 5) is 48.5. The lowest BCUT2D eigenvalue weighted by Gasteiger charge is -2.44. The van der Waals surface area contributed by atoms with Crippen molar-refractivity contribution < 1.29 is 49.1 Å². The smallest absolute Gasteiger partial charge is 0.326 e. The van der Waals surface area contributed by atoms with E-state index in [1.54, 1.807) is 6.92 Å². The molecule has 1 aliphatic heterocycles. The van der Waals surface area contributed by atoms with Crippen LogP contribution in [0, 0.1) is 0 Å². The van der Waals surface area contributed by atoms with Crippen LogP contribution in [-0.2, 0) is 28.7 Å². The summed E-state index contributed by atoms with van der Waals surface area (Å²) in [6.45, 7) is 3.35. The molecule has 1 saturated heterocycles. The van der Waals surface area contributed by atoms with Gasteiger partial charge < -0.3 is 51.6 Å². The fourth-order valence-electron chi connectivity index (χ4n) is 3.67. The van der Waals surface area contributed by atoms with Gasteiger partial charge in [-0.1, -0.05) is 6.92 Å². The Morgan fingerprint density at radius 2 is 1.85 bits per heavy atom. The lowest BCUT2D eigenvalue weighted by molar-refractivity contribution is -0.268. The van der Waals surface area contributed by atoms with Gasteiger partial charge in [0.05, 0.1) is 18.8 Å². The van der Waals surface area contributed by atoms with Crippen LogP contribution < -0.4 is 16.8 Å². The Morgan fingerprint density at radius 3 is 2.32 bits per heavy atom. The van der Waals surface area contributed by atoms with Crippen LogP contribution in [0.25, 0.3) is 0 Å². The molecule has 0 saturated carbocycles. The number of carbonyl (C=O) groups is 4. The highest BCUT2D eigenvalue weighted by Gasteiger charge is 2.46. The van der Waals surface area contributed by atoms with E-state index in [4.69, 9.17) is 20.9 Å². The third-order valence-electron chi connectivity index (χ3n) is 5.45. The Kier molecular flexibility index (Phi) is 11.8. The first-order valence-corrected chi connectivity index (χ1v) is 11.0. The number of hydrogen-bond acceptors (Lipinski definition) is 10. The molecule has 2 unspecified atom stereocenters. The number of hydrogen-bond donors (Lipinski definition) is 7. The van der Waals surface area contributed by atoms with Crippen molar-refractivity contribution in [2.24, 2.45) is 11.5 Å². The number of aliphatic hydroxyl groups is 3. The summed E-state index contributed by atoms with van der Waals surface area (Å²) in [5.41, 5.74) is 11.0. The van der Waals surface area contributed by atoms with E-state index >= 15 is 0 Å². The lowest BCUT2D eigenvalue weighted by Crippen LogP contribution is -2.65. The van der Waals surface area contributed by atoms with Gasteiger partial charge in [-0.2, -0.15) is 0 Å². The average molecular weight is 493 g/mol. The number of aliphatic carboxylic acids is 1. The van der Waals surface area contributed by atoms with Gasteiger partial charge in [0.2, 0.25) is 17.7 Å². The number of nitrogens with zero attached hydrogens (tertiary/aromatic N) is 1. The normalized spacial score (nSPS) is 27.3. The molecule has 0 aromatic carbocycles. The molecule has 1 fully saturated rings. The second-order valence-electron chi connectivity index (χ2n) is 8.24. The zero-order chi connectivity index (χ0) is 26.2. The van der Waals surface area contributed by atoms with Crippen LogP contribution in [0.5, 0.6) is 0 Å². The molecule has 8 atom stereocenters. The predicted octanol–water partition coefficient (Wildman–Crippen LogP) is -3.38. The third kappa shape index (κ3) is 8.14. The number of ether oxygens (including phenoxy) is 2. The number of carboxylic acid groups (broad SMARTS) is 1. The van der Waals surface area contributed by atoms with Crippen LogP contribution in [0.2, 0.25) is 0 Å². The maximum Gasteiger partial charge on any atom is 0.326 e. The van der Waals surface area contributed by atoms with Gasteiger partial charge in [-0.3, -0.25) is 14.4 Å². The van der Waals surface area contributed by atoms with E-state index in [2.05, 4.69) is 5.32 Å². The van der Waals surface area contributed by atoms with Gasteiger partial charge in [-0.25, -0.2) is 4.79 Å². The van der Waals surface area contributed by atoms with Gasteiger partial charge in [0.25, 0.3) is 0 Å². The second kappa shape index (κ2) is 13.5. The van der Waals surface area contributed by atoms with Crippen LogP contribution in [-0.4, -0.2) is 111 Å². The highest BCUT2D eigenvalue weighted by atomic mass is 16.6. The minimum absolute atomic E-state index is 0.223. The van der Waals surface area contributed by atoms with Crippen molar-refractivity contribution in [3.63, 3.8) is 0 Å². The van der Waals surface area contributed by atoms with Gasteiger partial charge in [0.1, 0.15) is 30.4 Å². The van der Waals surface area contributed by atoms with E-state index in [1.165, 1.54) is 13.8 Å². The van der Waals surface area contributed by atoms with Crippen molar-refractivity contribution in [1.29, 1.82) is 0 Å². The predicted molar refractivity (Wildman–Crippen MR) is 116 cm³/mol. The number of carbonyl (C=O) groups excluding carboxylic acids is 3. The summed E-state index contributed by atoms with van der Waals surface area (Å²) in [7, 11) is 0. The maximum absolute atomic E-state index is 12.9.